The Morgan fingerprint density at radius 1 is 1.32 bits per heavy atom. The Morgan fingerprint density at radius 3 is 2.71 bits per heavy atom. The molecule has 4 heterocycles. The number of thiazole rings is 1. The molecule has 2 aromatic heterocycles. The third-order valence-electron chi connectivity index (χ3n) is 8.05. The number of imidazole rings is 1. The van der Waals surface area contributed by atoms with Gasteiger partial charge in [0.15, 0.2) is 0 Å². The van der Waals surface area contributed by atoms with Gasteiger partial charge in [0.05, 0.1) is 40.8 Å². The van der Waals surface area contributed by atoms with Crippen LogP contribution in [0.1, 0.15) is 74.3 Å². The van der Waals surface area contributed by atoms with Crippen LogP contribution in [0.2, 0.25) is 0 Å². The zero-order valence-electron chi connectivity index (χ0n) is 20.2. The summed E-state index contributed by atoms with van der Waals surface area (Å²) < 4.78 is 2.05. The largest absolute Gasteiger partial charge is 0.339 e. The zero-order chi connectivity index (χ0) is 24.1. The second kappa shape index (κ2) is 8.49. The van der Waals surface area contributed by atoms with Crippen LogP contribution >= 0.6 is 11.3 Å². The molecule has 0 radical (unpaired) electrons. The molecule has 3 aliphatic rings. The number of nitrogens with zero attached hydrogens (tertiary/aromatic N) is 6. The molecule has 0 bridgehead atoms. The molecule has 34 heavy (non-hydrogen) atoms. The minimum Gasteiger partial charge on any atom is -0.339 e. The van der Waals surface area contributed by atoms with Gasteiger partial charge in [-0.15, -0.1) is 11.3 Å². The summed E-state index contributed by atoms with van der Waals surface area (Å²) in [5, 5.41) is 12.9. The molecule has 1 spiro atoms. The van der Waals surface area contributed by atoms with Crippen molar-refractivity contribution in [1.29, 1.82) is 5.26 Å². The van der Waals surface area contributed by atoms with Gasteiger partial charge >= 0.3 is 0 Å². The van der Waals surface area contributed by atoms with E-state index in [2.05, 4.69) is 29.5 Å². The molecule has 180 valence electrons. The maximum atomic E-state index is 14.0. The summed E-state index contributed by atoms with van der Waals surface area (Å²) in [6.45, 7) is 8.10. The lowest BCUT2D eigenvalue weighted by molar-refractivity contribution is -0.140. The standard InChI is InChI=1S/C25H32N6O2S/c1-17(2)31-12-21(27-16-31)20-11-30(22(32)24(14-26)6-4-5-7-24)15-25(20)8-9-29(23(25)33)10-19-13-34-18(3)28-19/h12-13,16-17,20H,4-11,15H2,1-3H3/t20-,25-/m0/s1. The number of nitriles is 1. The smallest absolute Gasteiger partial charge is 0.243 e. The molecule has 1 saturated carbocycles. The molecule has 2 amide bonds. The molecule has 8 nitrogen and oxygen atoms in total. The van der Waals surface area contributed by atoms with E-state index >= 15 is 0 Å². The van der Waals surface area contributed by atoms with E-state index in [4.69, 9.17) is 4.98 Å². The average molecular weight is 481 g/mol. The van der Waals surface area contributed by atoms with Crippen molar-refractivity contribution in [1.82, 2.24) is 24.3 Å². The van der Waals surface area contributed by atoms with Gasteiger partial charge in [-0.05, 0) is 40.0 Å². The topological polar surface area (TPSA) is 95.1 Å². The van der Waals surface area contributed by atoms with Crippen molar-refractivity contribution in [3.05, 3.63) is 34.3 Å². The number of carbonyl (C=O) groups is 2. The first-order valence-electron chi connectivity index (χ1n) is 12.2. The maximum absolute atomic E-state index is 14.0. The van der Waals surface area contributed by atoms with E-state index in [1.165, 1.54) is 0 Å². The Bertz CT molecular complexity index is 1140. The summed E-state index contributed by atoms with van der Waals surface area (Å²) in [6.07, 6.45) is 7.56. The van der Waals surface area contributed by atoms with Gasteiger partial charge in [-0.3, -0.25) is 9.59 Å². The van der Waals surface area contributed by atoms with Crippen LogP contribution in [0.3, 0.4) is 0 Å². The Labute approximate surface area is 204 Å². The molecular weight excluding hydrogens is 448 g/mol. The van der Waals surface area contributed by atoms with E-state index in [0.717, 1.165) is 29.2 Å². The van der Waals surface area contributed by atoms with Crippen LogP contribution in [0.5, 0.6) is 0 Å². The van der Waals surface area contributed by atoms with Gasteiger partial charge in [0.25, 0.3) is 0 Å². The van der Waals surface area contributed by atoms with Gasteiger partial charge in [0.1, 0.15) is 5.41 Å². The van der Waals surface area contributed by atoms with Gasteiger partial charge in [-0.1, -0.05) is 12.8 Å². The van der Waals surface area contributed by atoms with Crippen molar-refractivity contribution in [2.24, 2.45) is 10.8 Å². The third kappa shape index (κ3) is 3.63. The molecule has 0 unspecified atom stereocenters. The lowest BCUT2D eigenvalue weighted by atomic mass is 9.75. The van der Waals surface area contributed by atoms with Crippen LogP contribution in [-0.4, -0.2) is 55.8 Å². The zero-order valence-corrected chi connectivity index (χ0v) is 21.0. The summed E-state index contributed by atoms with van der Waals surface area (Å²) in [6, 6.07) is 2.61. The maximum Gasteiger partial charge on any atom is 0.243 e. The Hall–Kier alpha value is -2.73. The van der Waals surface area contributed by atoms with Crippen molar-refractivity contribution in [3.63, 3.8) is 0 Å². The SMILES string of the molecule is Cc1nc(CN2CC[C@@]3(CN(C(=O)C4(C#N)CCCC4)C[C@H]3c3cn(C(C)C)cn3)C2=O)cs1. The first-order chi connectivity index (χ1) is 16.3. The van der Waals surface area contributed by atoms with E-state index < -0.39 is 10.8 Å². The van der Waals surface area contributed by atoms with Crippen LogP contribution in [0.25, 0.3) is 0 Å². The second-order valence-electron chi connectivity index (χ2n) is 10.5. The minimum atomic E-state index is -0.938. The molecule has 2 aromatic rings. The van der Waals surface area contributed by atoms with Gasteiger partial charge in [-0.2, -0.15) is 5.26 Å². The number of hydrogen-bond acceptors (Lipinski definition) is 6. The fourth-order valence-electron chi connectivity index (χ4n) is 6.07. The Kier molecular flexibility index (Phi) is 5.75. The first kappa shape index (κ1) is 23.0. The number of hydrogen-bond donors (Lipinski definition) is 0. The highest BCUT2D eigenvalue weighted by Crippen LogP contribution is 2.51. The molecule has 2 saturated heterocycles. The molecule has 9 heteroatoms. The third-order valence-corrected chi connectivity index (χ3v) is 8.87. The summed E-state index contributed by atoms with van der Waals surface area (Å²) in [4.78, 5) is 40.6. The number of aryl methyl sites for hydroxylation is 1. The lowest BCUT2D eigenvalue weighted by Gasteiger charge is -2.29. The van der Waals surface area contributed by atoms with Gasteiger partial charge in [0, 0.05) is 43.2 Å². The van der Waals surface area contributed by atoms with Crippen molar-refractivity contribution in [2.75, 3.05) is 19.6 Å². The van der Waals surface area contributed by atoms with E-state index in [-0.39, 0.29) is 23.8 Å². The van der Waals surface area contributed by atoms with Crippen LogP contribution < -0.4 is 0 Å². The predicted octanol–water partition coefficient (Wildman–Crippen LogP) is 3.66. The summed E-state index contributed by atoms with van der Waals surface area (Å²) in [5.74, 6) is -0.197. The number of rotatable bonds is 5. The highest BCUT2D eigenvalue weighted by Gasteiger charge is 2.60. The molecule has 0 aromatic carbocycles. The number of amides is 2. The first-order valence-corrected chi connectivity index (χ1v) is 13.1. The monoisotopic (exact) mass is 480 g/mol. The normalized spacial score (nSPS) is 26.2. The van der Waals surface area contributed by atoms with Crippen molar-refractivity contribution in [3.8, 4) is 6.07 Å². The second-order valence-corrected chi connectivity index (χ2v) is 11.5. The average Bonchev–Trinajstić information content (AvgIpc) is 3.63. The van der Waals surface area contributed by atoms with E-state index in [1.807, 2.05) is 34.6 Å². The van der Waals surface area contributed by atoms with E-state index in [9.17, 15) is 14.9 Å². The fraction of sp³-hybridized carbons (Fsp3) is 0.640. The molecule has 0 N–H and O–H groups in total. The molecule has 3 fully saturated rings. The highest BCUT2D eigenvalue weighted by molar-refractivity contribution is 7.09. The summed E-state index contributed by atoms with van der Waals surface area (Å²) >= 11 is 1.59. The van der Waals surface area contributed by atoms with Crippen molar-refractivity contribution in [2.45, 2.75) is 71.4 Å². The number of carbonyl (C=O) groups excluding carboxylic acids is 2. The van der Waals surface area contributed by atoms with Gasteiger partial charge < -0.3 is 14.4 Å². The molecular formula is C25H32N6O2S. The minimum absolute atomic E-state index is 0.0787. The summed E-state index contributed by atoms with van der Waals surface area (Å²) in [5.41, 5.74) is 0.133. The van der Waals surface area contributed by atoms with Gasteiger partial charge in [0.2, 0.25) is 11.8 Å². The molecule has 5 rings (SSSR count). The van der Waals surface area contributed by atoms with Crippen LogP contribution in [0.4, 0.5) is 0 Å². The summed E-state index contributed by atoms with van der Waals surface area (Å²) in [7, 11) is 0. The molecule has 2 aliphatic heterocycles. The van der Waals surface area contributed by atoms with E-state index in [0.29, 0.717) is 45.4 Å². The number of likely N-dealkylation sites (tertiary alicyclic amines) is 2. The molecule has 1 aliphatic carbocycles. The lowest BCUT2D eigenvalue weighted by Crippen LogP contribution is -2.43. The van der Waals surface area contributed by atoms with Crippen LogP contribution in [-0.2, 0) is 16.1 Å². The van der Waals surface area contributed by atoms with Crippen LogP contribution in [0, 0.1) is 29.1 Å². The van der Waals surface area contributed by atoms with Gasteiger partial charge in [-0.25, -0.2) is 9.97 Å². The number of aromatic nitrogens is 3. The van der Waals surface area contributed by atoms with Crippen molar-refractivity contribution < 1.29 is 9.59 Å². The van der Waals surface area contributed by atoms with Crippen LogP contribution in [0.15, 0.2) is 17.9 Å². The van der Waals surface area contributed by atoms with Crippen molar-refractivity contribution >= 4 is 23.2 Å². The highest BCUT2D eigenvalue weighted by atomic mass is 32.1. The quantitative estimate of drug-likeness (QED) is 0.651. The predicted molar refractivity (Wildman–Crippen MR) is 128 cm³/mol. The Balaban J connectivity index is 1.47. The van der Waals surface area contributed by atoms with E-state index in [1.54, 1.807) is 11.3 Å². The fourth-order valence-corrected chi connectivity index (χ4v) is 6.67. The Morgan fingerprint density at radius 2 is 2.09 bits per heavy atom. The molecule has 2 atom stereocenters.